The maximum atomic E-state index is 13.3. The maximum absolute atomic E-state index is 13.3. The summed E-state index contributed by atoms with van der Waals surface area (Å²) in [6.07, 6.45) is 4.07. The van der Waals surface area contributed by atoms with E-state index in [-0.39, 0.29) is 17.1 Å². The topological polar surface area (TPSA) is 32.3 Å². The van der Waals surface area contributed by atoms with E-state index in [0.29, 0.717) is 5.69 Å². The highest BCUT2D eigenvalue weighted by Gasteiger charge is 2.44. The molecule has 0 unspecified atom stereocenters. The lowest BCUT2D eigenvalue weighted by molar-refractivity contribution is -0.124. The van der Waals surface area contributed by atoms with Crippen molar-refractivity contribution < 1.29 is 9.18 Å². The molecule has 1 spiro atoms. The molecule has 1 aliphatic heterocycles. The van der Waals surface area contributed by atoms with E-state index in [0.717, 1.165) is 37.9 Å². The number of amides is 1. The van der Waals surface area contributed by atoms with Crippen LogP contribution in [0.5, 0.6) is 0 Å². The van der Waals surface area contributed by atoms with E-state index in [2.05, 4.69) is 10.2 Å². The lowest BCUT2D eigenvalue weighted by Crippen LogP contribution is -2.40. The zero-order chi connectivity index (χ0) is 12.8. The van der Waals surface area contributed by atoms with Crippen LogP contribution in [0.3, 0.4) is 0 Å². The van der Waals surface area contributed by atoms with Gasteiger partial charge < -0.3 is 10.2 Å². The summed E-state index contributed by atoms with van der Waals surface area (Å²) in [6, 6.07) is 4.57. The summed E-state index contributed by atoms with van der Waals surface area (Å²) in [6.45, 7) is 0.720. The van der Waals surface area contributed by atoms with Crippen molar-refractivity contribution in [3.8, 4) is 0 Å². The number of benzene rings is 1. The molecule has 0 atom stereocenters. The van der Waals surface area contributed by atoms with E-state index in [9.17, 15) is 9.18 Å². The molecule has 0 bridgehead atoms. The number of carbonyl (C=O) groups is 1. The summed E-state index contributed by atoms with van der Waals surface area (Å²) in [5, 5.41) is 2.91. The number of rotatable bonds is 0. The van der Waals surface area contributed by atoms with Crippen LogP contribution in [-0.4, -0.2) is 19.5 Å². The molecule has 1 fully saturated rings. The van der Waals surface area contributed by atoms with Gasteiger partial charge in [-0.05, 0) is 31.0 Å². The highest BCUT2D eigenvalue weighted by atomic mass is 19.1. The van der Waals surface area contributed by atoms with E-state index in [1.54, 1.807) is 6.07 Å². The Kier molecular flexibility index (Phi) is 2.54. The van der Waals surface area contributed by atoms with Crippen molar-refractivity contribution in [3.63, 3.8) is 0 Å². The average molecular weight is 248 g/mol. The second-order valence-corrected chi connectivity index (χ2v) is 5.46. The zero-order valence-corrected chi connectivity index (χ0v) is 10.5. The normalized spacial score (nSPS) is 21.7. The molecule has 1 saturated carbocycles. The highest BCUT2D eigenvalue weighted by Crippen LogP contribution is 2.43. The molecule has 0 aromatic heterocycles. The quantitative estimate of drug-likeness (QED) is 0.765. The van der Waals surface area contributed by atoms with Crippen LogP contribution in [0.15, 0.2) is 18.2 Å². The number of fused-ring (bicyclic) bond motifs is 1. The van der Waals surface area contributed by atoms with Crippen molar-refractivity contribution in [2.24, 2.45) is 5.41 Å². The molecule has 1 heterocycles. The van der Waals surface area contributed by atoms with Gasteiger partial charge in [0.1, 0.15) is 5.82 Å². The minimum absolute atomic E-state index is 0.0520. The fourth-order valence-electron chi connectivity index (χ4n) is 3.24. The molecule has 1 aromatic rings. The van der Waals surface area contributed by atoms with Crippen molar-refractivity contribution in [1.29, 1.82) is 0 Å². The molecular weight excluding hydrogens is 231 g/mol. The van der Waals surface area contributed by atoms with Gasteiger partial charge in [-0.25, -0.2) is 4.39 Å². The van der Waals surface area contributed by atoms with Crippen molar-refractivity contribution in [2.75, 3.05) is 23.8 Å². The standard InChI is InChI=1S/C14H17FN2O/c1-17-9-14(6-2-3-7-14)13(18)16-11-8-10(15)4-5-12(11)17/h4-5,8H,2-3,6-7,9H2,1H3,(H,16,18). The van der Waals surface area contributed by atoms with Gasteiger partial charge in [0.05, 0.1) is 16.8 Å². The number of hydrogen-bond acceptors (Lipinski definition) is 2. The van der Waals surface area contributed by atoms with Gasteiger partial charge in [0, 0.05) is 13.6 Å². The van der Waals surface area contributed by atoms with Crippen molar-refractivity contribution in [3.05, 3.63) is 24.0 Å². The van der Waals surface area contributed by atoms with E-state index < -0.39 is 0 Å². The third-order valence-electron chi connectivity index (χ3n) is 4.20. The second-order valence-electron chi connectivity index (χ2n) is 5.46. The van der Waals surface area contributed by atoms with Gasteiger partial charge in [-0.2, -0.15) is 0 Å². The Labute approximate surface area is 106 Å². The first-order chi connectivity index (χ1) is 8.61. The van der Waals surface area contributed by atoms with Crippen LogP contribution >= 0.6 is 0 Å². The van der Waals surface area contributed by atoms with Gasteiger partial charge in [0.2, 0.25) is 5.91 Å². The van der Waals surface area contributed by atoms with E-state index >= 15 is 0 Å². The summed E-state index contributed by atoms with van der Waals surface area (Å²) in [7, 11) is 1.97. The molecule has 1 amide bonds. The van der Waals surface area contributed by atoms with Crippen LogP contribution in [-0.2, 0) is 4.79 Å². The first-order valence-electron chi connectivity index (χ1n) is 6.43. The van der Waals surface area contributed by atoms with Crippen molar-refractivity contribution in [1.82, 2.24) is 0 Å². The Balaban J connectivity index is 2.03. The summed E-state index contributed by atoms with van der Waals surface area (Å²) in [4.78, 5) is 14.5. The molecule has 0 radical (unpaired) electrons. The number of carbonyl (C=O) groups excluding carboxylic acids is 1. The Bertz CT molecular complexity index is 495. The van der Waals surface area contributed by atoms with Gasteiger partial charge in [0.15, 0.2) is 0 Å². The lowest BCUT2D eigenvalue weighted by atomic mass is 9.85. The number of anilines is 2. The summed E-state index contributed by atoms with van der Waals surface area (Å²) in [5.41, 5.74) is 1.20. The molecule has 2 aliphatic rings. The molecular formula is C14H17FN2O. The van der Waals surface area contributed by atoms with Crippen molar-refractivity contribution in [2.45, 2.75) is 25.7 Å². The average Bonchev–Trinajstić information content (AvgIpc) is 2.75. The fourth-order valence-corrected chi connectivity index (χ4v) is 3.24. The van der Waals surface area contributed by atoms with Crippen LogP contribution in [0.25, 0.3) is 0 Å². The molecule has 1 aliphatic carbocycles. The summed E-state index contributed by atoms with van der Waals surface area (Å²) < 4.78 is 13.3. The molecule has 3 nitrogen and oxygen atoms in total. The number of halogens is 1. The largest absolute Gasteiger partial charge is 0.372 e. The van der Waals surface area contributed by atoms with E-state index in [1.165, 1.54) is 12.1 Å². The Morgan fingerprint density at radius 2 is 2.06 bits per heavy atom. The van der Waals surface area contributed by atoms with Crippen LogP contribution in [0.2, 0.25) is 0 Å². The van der Waals surface area contributed by atoms with Gasteiger partial charge in [-0.1, -0.05) is 12.8 Å². The number of nitrogens with zero attached hydrogens (tertiary/aromatic N) is 1. The predicted molar refractivity (Wildman–Crippen MR) is 69.2 cm³/mol. The molecule has 18 heavy (non-hydrogen) atoms. The maximum Gasteiger partial charge on any atom is 0.232 e. The second kappa shape index (κ2) is 3.97. The van der Waals surface area contributed by atoms with Crippen LogP contribution in [0, 0.1) is 11.2 Å². The van der Waals surface area contributed by atoms with Crippen LogP contribution in [0.1, 0.15) is 25.7 Å². The van der Waals surface area contributed by atoms with Crippen LogP contribution in [0.4, 0.5) is 15.8 Å². The minimum Gasteiger partial charge on any atom is -0.372 e. The first kappa shape index (κ1) is 11.5. The highest BCUT2D eigenvalue weighted by molar-refractivity contribution is 6.00. The Morgan fingerprint density at radius 1 is 1.33 bits per heavy atom. The van der Waals surface area contributed by atoms with E-state index in [4.69, 9.17) is 0 Å². The van der Waals surface area contributed by atoms with Crippen LogP contribution < -0.4 is 10.2 Å². The lowest BCUT2D eigenvalue weighted by Gasteiger charge is -2.29. The number of hydrogen-bond donors (Lipinski definition) is 1. The molecule has 3 rings (SSSR count). The van der Waals surface area contributed by atoms with Crippen molar-refractivity contribution >= 4 is 17.3 Å². The number of nitrogens with one attached hydrogen (secondary N) is 1. The van der Waals surface area contributed by atoms with Gasteiger partial charge >= 0.3 is 0 Å². The third-order valence-corrected chi connectivity index (χ3v) is 4.20. The van der Waals surface area contributed by atoms with E-state index in [1.807, 2.05) is 7.05 Å². The Hall–Kier alpha value is -1.58. The molecule has 4 heteroatoms. The van der Waals surface area contributed by atoms with Gasteiger partial charge in [0.25, 0.3) is 0 Å². The third kappa shape index (κ3) is 1.67. The Morgan fingerprint density at radius 3 is 2.78 bits per heavy atom. The zero-order valence-electron chi connectivity index (χ0n) is 10.5. The fraction of sp³-hybridized carbons (Fsp3) is 0.500. The molecule has 0 saturated heterocycles. The molecule has 96 valence electrons. The monoisotopic (exact) mass is 248 g/mol. The molecule has 1 aromatic carbocycles. The SMILES string of the molecule is CN1CC2(CCCC2)C(=O)Nc2cc(F)ccc21. The summed E-state index contributed by atoms with van der Waals surface area (Å²) in [5.74, 6) is -0.263. The van der Waals surface area contributed by atoms with Gasteiger partial charge in [-0.3, -0.25) is 4.79 Å². The predicted octanol–water partition coefficient (Wildman–Crippen LogP) is 2.77. The molecule has 1 N–H and O–H groups in total. The first-order valence-corrected chi connectivity index (χ1v) is 6.43. The minimum atomic E-state index is -0.315. The van der Waals surface area contributed by atoms with Gasteiger partial charge in [-0.15, -0.1) is 0 Å². The summed E-state index contributed by atoms with van der Waals surface area (Å²) >= 11 is 0. The smallest absolute Gasteiger partial charge is 0.232 e.